The quantitative estimate of drug-likeness (QED) is 0.875. The highest BCUT2D eigenvalue weighted by atomic mass is 15.3. The van der Waals surface area contributed by atoms with Crippen LogP contribution in [0.3, 0.4) is 0 Å². The van der Waals surface area contributed by atoms with E-state index in [0.717, 1.165) is 23.7 Å². The molecule has 2 rings (SSSR count). The Balaban J connectivity index is 2.34. The van der Waals surface area contributed by atoms with Gasteiger partial charge in [0, 0.05) is 18.4 Å². The van der Waals surface area contributed by atoms with Crippen LogP contribution in [0.1, 0.15) is 33.0 Å². The summed E-state index contributed by atoms with van der Waals surface area (Å²) in [5.74, 6) is 1.61. The first kappa shape index (κ1) is 13.7. The Bertz CT molecular complexity index is 554. The van der Waals surface area contributed by atoms with Gasteiger partial charge in [-0.1, -0.05) is 20.8 Å². The van der Waals surface area contributed by atoms with E-state index in [1.54, 1.807) is 6.20 Å². The van der Waals surface area contributed by atoms with Crippen molar-refractivity contribution in [3.8, 4) is 0 Å². The van der Waals surface area contributed by atoms with Crippen molar-refractivity contribution in [3.63, 3.8) is 0 Å². The molecule has 0 aliphatic carbocycles. The highest BCUT2D eigenvalue weighted by Gasteiger charge is 2.25. The van der Waals surface area contributed by atoms with Gasteiger partial charge in [-0.05, 0) is 25.3 Å². The molecule has 6 nitrogen and oxygen atoms in total. The van der Waals surface area contributed by atoms with Gasteiger partial charge in [0.1, 0.15) is 5.82 Å². The maximum absolute atomic E-state index is 5.70. The second kappa shape index (κ2) is 5.13. The Hall–Kier alpha value is -1.69. The van der Waals surface area contributed by atoms with Crippen molar-refractivity contribution < 1.29 is 0 Å². The van der Waals surface area contributed by atoms with E-state index in [9.17, 15) is 0 Å². The largest absolute Gasteiger partial charge is 0.364 e. The Morgan fingerprint density at radius 3 is 2.74 bits per heavy atom. The van der Waals surface area contributed by atoms with Crippen molar-refractivity contribution in [2.45, 2.75) is 40.2 Å². The van der Waals surface area contributed by atoms with E-state index in [4.69, 9.17) is 5.73 Å². The highest BCUT2D eigenvalue weighted by molar-refractivity contribution is 5.62. The molecule has 0 aromatic carbocycles. The molecule has 1 atom stereocenters. The van der Waals surface area contributed by atoms with Crippen LogP contribution >= 0.6 is 0 Å². The molecule has 1 unspecified atom stereocenters. The van der Waals surface area contributed by atoms with Gasteiger partial charge in [0.15, 0.2) is 5.82 Å². The first-order valence-corrected chi connectivity index (χ1v) is 6.56. The van der Waals surface area contributed by atoms with Gasteiger partial charge in [-0.15, -0.1) is 10.2 Å². The van der Waals surface area contributed by atoms with Crippen molar-refractivity contribution in [2.75, 3.05) is 11.9 Å². The zero-order valence-electron chi connectivity index (χ0n) is 12.0. The number of anilines is 1. The normalized spacial score (nSPS) is 13.7. The molecule has 104 valence electrons. The van der Waals surface area contributed by atoms with Crippen LogP contribution in [0.4, 0.5) is 5.82 Å². The standard InChI is InChI=1S/C13H22N6/c1-9-17-18-12-11(15-7-8-19(9)12)16-10(5-6-14)13(2,3)4/h7-8,10H,5-6,14H2,1-4H3,(H,15,16). The minimum atomic E-state index is 0.100. The lowest BCUT2D eigenvalue weighted by Gasteiger charge is -2.31. The number of hydrogen-bond acceptors (Lipinski definition) is 5. The Morgan fingerprint density at radius 1 is 1.37 bits per heavy atom. The number of nitrogens with zero attached hydrogens (tertiary/aromatic N) is 4. The monoisotopic (exact) mass is 262 g/mol. The number of nitrogens with one attached hydrogen (secondary N) is 1. The molecule has 19 heavy (non-hydrogen) atoms. The van der Waals surface area contributed by atoms with Crippen molar-refractivity contribution in [2.24, 2.45) is 11.1 Å². The molecule has 2 heterocycles. The lowest BCUT2D eigenvalue weighted by atomic mass is 9.85. The molecule has 6 heteroatoms. The fourth-order valence-electron chi connectivity index (χ4n) is 2.10. The van der Waals surface area contributed by atoms with Crippen LogP contribution in [0.5, 0.6) is 0 Å². The summed E-state index contributed by atoms with van der Waals surface area (Å²) in [5.41, 5.74) is 6.56. The van der Waals surface area contributed by atoms with Crippen LogP contribution in [-0.2, 0) is 0 Å². The zero-order valence-corrected chi connectivity index (χ0v) is 12.0. The number of aryl methyl sites for hydroxylation is 1. The molecule has 2 aromatic heterocycles. The van der Waals surface area contributed by atoms with Gasteiger partial charge in [0.2, 0.25) is 5.65 Å². The second-order valence-corrected chi connectivity index (χ2v) is 5.86. The summed E-state index contributed by atoms with van der Waals surface area (Å²) in [6, 6.07) is 0.244. The molecule has 0 saturated carbocycles. The summed E-state index contributed by atoms with van der Waals surface area (Å²) < 4.78 is 1.93. The summed E-state index contributed by atoms with van der Waals surface area (Å²) in [6.07, 6.45) is 4.51. The van der Waals surface area contributed by atoms with Gasteiger partial charge in [-0.3, -0.25) is 4.40 Å². The van der Waals surface area contributed by atoms with Crippen LogP contribution in [0.2, 0.25) is 0 Å². The van der Waals surface area contributed by atoms with Gasteiger partial charge < -0.3 is 11.1 Å². The Kier molecular flexibility index (Phi) is 3.71. The average molecular weight is 262 g/mol. The van der Waals surface area contributed by atoms with Gasteiger partial charge >= 0.3 is 0 Å². The van der Waals surface area contributed by atoms with Crippen LogP contribution in [-0.4, -0.2) is 32.2 Å². The minimum absolute atomic E-state index is 0.100. The third-order valence-corrected chi connectivity index (χ3v) is 3.31. The van der Waals surface area contributed by atoms with Gasteiger partial charge in [-0.2, -0.15) is 0 Å². The number of fused-ring (bicyclic) bond motifs is 1. The third kappa shape index (κ3) is 2.84. The molecule has 0 amide bonds. The molecule has 0 aliphatic rings. The second-order valence-electron chi connectivity index (χ2n) is 5.86. The first-order valence-electron chi connectivity index (χ1n) is 6.56. The summed E-state index contributed by atoms with van der Waals surface area (Å²) in [6.45, 7) is 9.13. The Morgan fingerprint density at radius 2 is 2.11 bits per heavy atom. The van der Waals surface area contributed by atoms with Crippen LogP contribution in [0, 0.1) is 12.3 Å². The van der Waals surface area contributed by atoms with Crippen LogP contribution in [0.25, 0.3) is 5.65 Å². The zero-order chi connectivity index (χ0) is 14.0. The first-order chi connectivity index (χ1) is 8.93. The van der Waals surface area contributed by atoms with E-state index in [2.05, 4.69) is 41.3 Å². The molecule has 0 saturated heterocycles. The average Bonchev–Trinajstić information content (AvgIpc) is 2.71. The number of hydrogen-bond donors (Lipinski definition) is 2. The molecule has 0 bridgehead atoms. The van der Waals surface area contributed by atoms with Gasteiger partial charge in [0.05, 0.1) is 0 Å². The summed E-state index contributed by atoms with van der Waals surface area (Å²) >= 11 is 0. The van der Waals surface area contributed by atoms with E-state index >= 15 is 0 Å². The highest BCUT2D eigenvalue weighted by Crippen LogP contribution is 2.25. The molecular weight excluding hydrogens is 240 g/mol. The topological polar surface area (TPSA) is 81.1 Å². The fraction of sp³-hybridized carbons (Fsp3) is 0.615. The Labute approximate surface area is 113 Å². The lowest BCUT2D eigenvalue weighted by Crippen LogP contribution is -2.36. The molecule has 0 fully saturated rings. The van der Waals surface area contributed by atoms with Crippen molar-refractivity contribution in [1.82, 2.24) is 19.6 Å². The SMILES string of the molecule is Cc1nnc2c(NC(CCN)C(C)(C)C)nccn12. The summed E-state index contributed by atoms with van der Waals surface area (Å²) in [5, 5.41) is 11.7. The third-order valence-electron chi connectivity index (χ3n) is 3.31. The predicted molar refractivity (Wildman–Crippen MR) is 76.1 cm³/mol. The molecule has 0 spiro atoms. The maximum Gasteiger partial charge on any atom is 0.203 e. The van der Waals surface area contributed by atoms with E-state index in [0.29, 0.717) is 6.54 Å². The van der Waals surface area contributed by atoms with E-state index in [1.165, 1.54) is 0 Å². The van der Waals surface area contributed by atoms with Crippen LogP contribution in [0.15, 0.2) is 12.4 Å². The van der Waals surface area contributed by atoms with Gasteiger partial charge in [0.25, 0.3) is 0 Å². The summed E-state index contributed by atoms with van der Waals surface area (Å²) in [7, 11) is 0. The van der Waals surface area contributed by atoms with Crippen LogP contribution < -0.4 is 11.1 Å². The van der Waals surface area contributed by atoms with E-state index in [1.807, 2.05) is 17.5 Å². The number of rotatable bonds is 4. The molecule has 3 N–H and O–H groups in total. The van der Waals surface area contributed by atoms with E-state index in [-0.39, 0.29) is 11.5 Å². The minimum Gasteiger partial charge on any atom is -0.364 e. The number of nitrogens with two attached hydrogens (primary N) is 1. The van der Waals surface area contributed by atoms with Crippen molar-refractivity contribution in [1.29, 1.82) is 0 Å². The lowest BCUT2D eigenvalue weighted by molar-refractivity contribution is 0.328. The molecule has 0 radical (unpaired) electrons. The van der Waals surface area contributed by atoms with Gasteiger partial charge in [-0.25, -0.2) is 4.98 Å². The maximum atomic E-state index is 5.70. The molecule has 0 aliphatic heterocycles. The smallest absolute Gasteiger partial charge is 0.203 e. The van der Waals surface area contributed by atoms with Crippen molar-refractivity contribution >= 4 is 11.5 Å². The van der Waals surface area contributed by atoms with E-state index < -0.39 is 0 Å². The predicted octanol–water partition coefficient (Wildman–Crippen LogP) is 1.61. The van der Waals surface area contributed by atoms with Crippen molar-refractivity contribution in [3.05, 3.63) is 18.2 Å². The molecular formula is C13H22N6. The fourth-order valence-corrected chi connectivity index (χ4v) is 2.10. The summed E-state index contributed by atoms with van der Waals surface area (Å²) in [4.78, 5) is 4.38. The number of aromatic nitrogens is 4. The molecule has 2 aromatic rings.